The summed E-state index contributed by atoms with van der Waals surface area (Å²) in [5.74, 6) is 0.278. The van der Waals surface area contributed by atoms with Crippen LogP contribution >= 0.6 is 11.3 Å². The maximum Gasteiger partial charge on any atom is 0.417 e. The van der Waals surface area contributed by atoms with Gasteiger partial charge in [0.15, 0.2) is 0 Å². The van der Waals surface area contributed by atoms with Gasteiger partial charge in [-0.3, -0.25) is 0 Å². The van der Waals surface area contributed by atoms with Crippen molar-refractivity contribution < 1.29 is 13.2 Å². The molecular formula is C47H29F3S. The number of allylic oxidation sites excluding steroid dienone is 5. The maximum atomic E-state index is 14.6. The molecule has 0 fully saturated rings. The molecule has 1 heterocycles. The van der Waals surface area contributed by atoms with Crippen molar-refractivity contribution in [3.05, 3.63) is 197 Å². The van der Waals surface area contributed by atoms with Gasteiger partial charge in [0, 0.05) is 32.0 Å². The average molecular weight is 683 g/mol. The molecule has 8 aromatic rings. The Morgan fingerprint density at radius 3 is 1.92 bits per heavy atom. The first-order valence-corrected chi connectivity index (χ1v) is 18.0. The van der Waals surface area contributed by atoms with E-state index in [0.717, 1.165) is 21.2 Å². The second kappa shape index (κ2) is 11.4. The molecule has 0 radical (unpaired) electrons. The highest BCUT2D eigenvalue weighted by Crippen LogP contribution is 2.53. The normalized spacial score (nSPS) is 17.1. The number of hydrogen-bond donors (Lipinski definition) is 0. The van der Waals surface area contributed by atoms with Crippen LogP contribution in [0.1, 0.15) is 33.7 Å². The number of benzene rings is 7. The Hall–Kier alpha value is -5.71. The summed E-state index contributed by atoms with van der Waals surface area (Å²) in [6.45, 7) is 0. The molecule has 51 heavy (non-hydrogen) atoms. The van der Waals surface area contributed by atoms with Crippen LogP contribution in [0, 0.1) is 5.92 Å². The fourth-order valence-corrected chi connectivity index (χ4v) is 9.93. The third kappa shape index (κ3) is 4.60. The van der Waals surface area contributed by atoms with Gasteiger partial charge in [-0.05, 0) is 78.2 Å². The summed E-state index contributed by atoms with van der Waals surface area (Å²) < 4.78 is 46.2. The van der Waals surface area contributed by atoms with Crippen LogP contribution in [0.25, 0.3) is 58.4 Å². The summed E-state index contributed by atoms with van der Waals surface area (Å²) in [7, 11) is 0. The van der Waals surface area contributed by atoms with Crippen LogP contribution in [0.15, 0.2) is 169 Å². The number of thiophene rings is 1. The highest BCUT2D eigenvalue weighted by molar-refractivity contribution is 7.26. The third-order valence-electron chi connectivity index (χ3n) is 10.7. The van der Waals surface area contributed by atoms with Crippen molar-refractivity contribution in [3.63, 3.8) is 0 Å². The minimum atomic E-state index is -4.49. The van der Waals surface area contributed by atoms with Crippen LogP contribution in [-0.2, 0) is 6.18 Å². The minimum Gasteiger partial charge on any atom is -0.166 e. The summed E-state index contributed by atoms with van der Waals surface area (Å²) in [4.78, 5) is 0. The topological polar surface area (TPSA) is 0 Å². The van der Waals surface area contributed by atoms with Crippen LogP contribution in [0.5, 0.6) is 0 Å². The van der Waals surface area contributed by atoms with E-state index in [1.807, 2.05) is 24.3 Å². The molecule has 0 aliphatic heterocycles. The first-order valence-electron chi connectivity index (χ1n) is 17.2. The zero-order valence-electron chi connectivity index (χ0n) is 27.3. The van der Waals surface area contributed by atoms with Crippen molar-refractivity contribution in [2.75, 3.05) is 0 Å². The number of fused-ring (bicyclic) bond motifs is 7. The van der Waals surface area contributed by atoms with Crippen LogP contribution in [-0.4, -0.2) is 0 Å². The fraction of sp³-hybridized carbons (Fsp3) is 0.0638. The summed E-state index contributed by atoms with van der Waals surface area (Å²) in [5.41, 5.74) is 8.88. The molecule has 2 aliphatic rings. The number of rotatable bonds is 3. The van der Waals surface area contributed by atoms with Crippen LogP contribution in [0.4, 0.5) is 13.2 Å². The van der Waals surface area contributed by atoms with E-state index in [1.54, 1.807) is 35.6 Å². The molecule has 0 saturated carbocycles. The Bertz CT molecular complexity index is 2740. The quantitative estimate of drug-likeness (QED) is 0.163. The van der Waals surface area contributed by atoms with E-state index in [1.165, 1.54) is 43.5 Å². The Labute approximate surface area is 297 Å². The molecule has 0 bridgehead atoms. The largest absolute Gasteiger partial charge is 0.417 e. The molecule has 10 rings (SSSR count). The van der Waals surface area contributed by atoms with E-state index in [4.69, 9.17) is 0 Å². The van der Waals surface area contributed by atoms with Gasteiger partial charge < -0.3 is 0 Å². The zero-order valence-corrected chi connectivity index (χ0v) is 28.1. The lowest BCUT2D eigenvalue weighted by Gasteiger charge is -2.37. The Morgan fingerprint density at radius 2 is 1.18 bits per heavy atom. The van der Waals surface area contributed by atoms with Gasteiger partial charge in [0.05, 0.1) is 5.56 Å². The lowest BCUT2D eigenvalue weighted by Crippen LogP contribution is -2.22. The zero-order chi connectivity index (χ0) is 34.3. The van der Waals surface area contributed by atoms with Gasteiger partial charge in [-0.15, -0.1) is 11.3 Å². The van der Waals surface area contributed by atoms with Crippen molar-refractivity contribution in [3.8, 4) is 11.1 Å². The van der Waals surface area contributed by atoms with E-state index in [2.05, 4.69) is 115 Å². The molecule has 2 aliphatic carbocycles. The Morgan fingerprint density at radius 1 is 0.529 bits per heavy atom. The van der Waals surface area contributed by atoms with Crippen molar-refractivity contribution >= 4 is 58.6 Å². The first-order chi connectivity index (χ1) is 25.0. The number of halogens is 3. The fourth-order valence-electron chi connectivity index (χ4n) is 8.70. The first kappa shape index (κ1) is 30.1. The second-order valence-corrected chi connectivity index (χ2v) is 14.5. The summed E-state index contributed by atoms with van der Waals surface area (Å²) in [5, 5.41) is 3.94. The molecule has 4 heteroatoms. The highest BCUT2D eigenvalue weighted by Gasteiger charge is 2.37. The lowest BCUT2D eigenvalue weighted by atomic mass is 9.66. The van der Waals surface area contributed by atoms with Crippen molar-refractivity contribution in [1.29, 1.82) is 0 Å². The van der Waals surface area contributed by atoms with E-state index < -0.39 is 11.7 Å². The monoisotopic (exact) mass is 682 g/mol. The molecule has 2 atom stereocenters. The summed E-state index contributed by atoms with van der Waals surface area (Å²) in [6, 6.07) is 46.5. The molecule has 0 N–H and O–H groups in total. The van der Waals surface area contributed by atoms with E-state index in [-0.39, 0.29) is 22.6 Å². The molecule has 0 nitrogen and oxygen atoms in total. The Balaban J connectivity index is 1.20. The van der Waals surface area contributed by atoms with Gasteiger partial charge in [0.25, 0.3) is 0 Å². The van der Waals surface area contributed by atoms with Crippen LogP contribution in [0.3, 0.4) is 0 Å². The number of hydrogen-bond acceptors (Lipinski definition) is 1. The SMILES string of the molecule is FC(F)(F)c1c2ccccc2c(-c2ccc3sc4c(C5c6ccccc6C(c6ccccc6)=C6C=CC=CC65)cccc4c3c2)c2ccccc12. The predicted molar refractivity (Wildman–Crippen MR) is 207 cm³/mol. The molecule has 0 amide bonds. The van der Waals surface area contributed by atoms with Gasteiger partial charge in [0.2, 0.25) is 0 Å². The Kier molecular flexibility index (Phi) is 6.74. The van der Waals surface area contributed by atoms with Crippen molar-refractivity contribution in [2.45, 2.75) is 12.1 Å². The van der Waals surface area contributed by atoms with Crippen molar-refractivity contribution in [2.24, 2.45) is 5.92 Å². The smallest absolute Gasteiger partial charge is 0.166 e. The number of alkyl halides is 3. The highest BCUT2D eigenvalue weighted by atomic mass is 32.1. The lowest BCUT2D eigenvalue weighted by molar-refractivity contribution is -0.135. The van der Waals surface area contributed by atoms with Gasteiger partial charge in [-0.2, -0.15) is 13.2 Å². The molecule has 2 unspecified atom stereocenters. The maximum absolute atomic E-state index is 14.6. The molecule has 0 spiro atoms. The molecule has 1 aromatic heterocycles. The van der Waals surface area contributed by atoms with Crippen LogP contribution < -0.4 is 0 Å². The predicted octanol–water partition coefficient (Wildman–Crippen LogP) is 13.7. The van der Waals surface area contributed by atoms with E-state index in [0.29, 0.717) is 10.8 Å². The standard InChI is InChI=1S/C47H29F3S/c48-47(49,50)45-36-21-10-8-19-34(36)43(35-20-9-11-22-37(35)45)29-25-26-41-40(27-29)38-23-12-24-39(46(38)51-41)44-32-17-6-4-15-30(32)42(28-13-2-1-3-14-28)31-16-5-7-18-33(31)44/h1-27,32,44H. The van der Waals surface area contributed by atoms with Crippen molar-refractivity contribution in [1.82, 2.24) is 0 Å². The minimum absolute atomic E-state index is 0.115. The molecule has 244 valence electrons. The van der Waals surface area contributed by atoms with E-state index >= 15 is 0 Å². The second-order valence-electron chi connectivity index (χ2n) is 13.4. The van der Waals surface area contributed by atoms with Crippen LogP contribution in [0.2, 0.25) is 0 Å². The van der Waals surface area contributed by atoms with Gasteiger partial charge >= 0.3 is 6.18 Å². The van der Waals surface area contributed by atoms with E-state index in [9.17, 15) is 13.2 Å². The van der Waals surface area contributed by atoms with Gasteiger partial charge in [-0.1, -0.05) is 152 Å². The molecular weight excluding hydrogens is 654 g/mol. The molecule has 7 aromatic carbocycles. The average Bonchev–Trinajstić information content (AvgIpc) is 3.54. The summed E-state index contributed by atoms with van der Waals surface area (Å²) in [6.07, 6.45) is 4.47. The third-order valence-corrected chi connectivity index (χ3v) is 11.9. The summed E-state index contributed by atoms with van der Waals surface area (Å²) >= 11 is 1.80. The van der Waals surface area contributed by atoms with Gasteiger partial charge in [-0.25, -0.2) is 0 Å². The van der Waals surface area contributed by atoms with Gasteiger partial charge in [0.1, 0.15) is 0 Å². The molecule has 0 saturated heterocycles.